The number of carbonyl (C=O) groups excluding carboxylic acids is 1. The third-order valence-electron chi connectivity index (χ3n) is 4.70. The van der Waals surface area contributed by atoms with E-state index in [0.29, 0.717) is 6.04 Å². The summed E-state index contributed by atoms with van der Waals surface area (Å²) < 4.78 is 5.47. The third-order valence-corrected chi connectivity index (χ3v) is 4.70. The standard InChI is InChI=1S/C17H33N3O2/c1-5-18-9-6-10-19(14-13-18)15-7-11-20(12-8-15)16(21)22-17(2,3)4/h15H,5-14H2,1-4H3. The Hall–Kier alpha value is -0.810. The molecule has 0 radical (unpaired) electrons. The van der Waals surface area contributed by atoms with Crippen molar-refractivity contribution in [3.63, 3.8) is 0 Å². The van der Waals surface area contributed by atoms with Gasteiger partial charge in [0.15, 0.2) is 0 Å². The Morgan fingerprint density at radius 2 is 1.73 bits per heavy atom. The van der Waals surface area contributed by atoms with Crippen molar-refractivity contribution in [2.45, 2.75) is 58.6 Å². The molecule has 2 aliphatic rings. The maximum absolute atomic E-state index is 12.1. The van der Waals surface area contributed by atoms with Gasteiger partial charge in [0.25, 0.3) is 0 Å². The van der Waals surface area contributed by atoms with E-state index in [1.807, 2.05) is 25.7 Å². The summed E-state index contributed by atoms with van der Waals surface area (Å²) in [6, 6.07) is 0.635. The first-order valence-corrected chi connectivity index (χ1v) is 8.83. The monoisotopic (exact) mass is 311 g/mol. The minimum atomic E-state index is -0.400. The van der Waals surface area contributed by atoms with Crippen LogP contribution in [0.4, 0.5) is 4.79 Å². The zero-order valence-electron chi connectivity index (χ0n) is 14.8. The van der Waals surface area contributed by atoms with E-state index < -0.39 is 5.60 Å². The lowest BCUT2D eigenvalue weighted by Gasteiger charge is -2.38. The summed E-state index contributed by atoms with van der Waals surface area (Å²) in [5.74, 6) is 0. The molecule has 0 unspecified atom stereocenters. The minimum absolute atomic E-state index is 0.154. The first-order valence-electron chi connectivity index (χ1n) is 8.83. The molecule has 0 saturated carbocycles. The summed E-state index contributed by atoms with van der Waals surface area (Å²) in [7, 11) is 0. The predicted molar refractivity (Wildman–Crippen MR) is 89.1 cm³/mol. The van der Waals surface area contributed by atoms with Crippen LogP contribution in [0.15, 0.2) is 0 Å². The van der Waals surface area contributed by atoms with Crippen molar-refractivity contribution < 1.29 is 9.53 Å². The SMILES string of the molecule is CCN1CCCN(C2CCN(C(=O)OC(C)(C)C)CC2)CC1. The fraction of sp³-hybridized carbons (Fsp3) is 0.941. The first-order chi connectivity index (χ1) is 10.4. The van der Waals surface area contributed by atoms with Gasteiger partial charge in [-0.3, -0.25) is 4.90 Å². The van der Waals surface area contributed by atoms with E-state index in [1.54, 1.807) is 0 Å². The second kappa shape index (κ2) is 7.64. The zero-order chi connectivity index (χ0) is 16.2. The highest BCUT2D eigenvalue weighted by atomic mass is 16.6. The summed E-state index contributed by atoms with van der Waals surface area (Å²) in [6.45, 7) is 15.6. The van der Waals surface area contributed by atoms with Crippen LogP contribution >= 0.6 is 0 Å². The Bertz CT molecular complexity index is 359. The van der Waals surface area contributed by atoms with Crippen LogP contribution < -0.4 is 0 Å². The smallest absolute Gasteiger partial charge is 0.410 e. The average Bonchev–Trinajstić information content (AvgIpc) is 2.71. The molecular weight excluding hydrogens is 278 g/mol. The Balaban J connectivity index is 1.78. The van der Waals surface area contributed by atoms with Crippen molar-refractivity contribution in [2.75, 3.05) is 45.8 Å². The molecule has 2 saturated heterocycles. The number of hydrogen-bond acceptors (Lipinski definition) is 4. The molecular formula is C17H33N3O2. The second-order valence-corrected chi connectivity index (χ2v) is 7.52. The number of likely N-dealkylation sites (N-methyl/N-ethyl adjacent to an activating group) is 1. The molecule has 128 valence electrons. The minimum Gasteiger partial charge on any atom is -0.444 e. The number of rotatable bonds is 2. The fourth-order valence-electron chi connectivity index (χ4n) is 3.41. The molecule has 0 aromatic carbocycles. The van der Waals surface area contributed by atoms with E-state index in [-0.39, 0.29) is 6.09 Å². The third kappa shape index (κ3) is 5.13. The van der Waals surface area contributed by atoms with Gasteiger partial charge in [0.1, 0.15) is 5.60 Å². The van der Waals surface area contributed by atoms with E-state index in [4.69, 9.17) is 4.74 Å². The molecule has 2 fully saturated rings. The summed E-state index contributed by atoms with van der Waals surface area (Å²) >= 11 is 0. The van der Waals surface area contributed by atoms with E-state index in [2.05, 4.69) is 16.7 Å². The molecule has 0 bridgehead atoms. The lowest BCUT2D eigenvalue weighted by atomic mass is 10.0. The van der Waals surface area contributed by atoms with Gasteiger partial charge in [-0.05, 0) is 59.7 Å². The second-order valence-electron chi connectivity index (χ2n) is 7.52. The quantitative estimate of drug-likeness (QED) is 0.785. The van der Waals surface area contributed by atoms with Gasteiger partial charge in [-0.25, -0.2) is 4.79 Å². The van der Waals surface area contributed by atoms with Crippen LogP contribution in [0.2, 0.25) is 0 Å². The highest BCUT2D eigenvalue weighted by Crippen LogP contribution is 2.20. The number of carbonyl (C=O) groups is 1. The lowest BCUT2D eigenvalue weighted by Crippen LogP contribution is -2.48. The maximum Gasteiger partial charge on any atom is 0.410 e. The van der Waals surface area contributed by atoms with Crippen LogP contribution in [0, 0.1) is 0 Å². The molecule has 0 aromatic heterocycles. The van der Waals surface area contributed by atoms with Crippen LogP contribution in [0.3, 0.4) is 0 Å². The van der Waals surface area contributed by atoms with Crippen molar-refractivity contribution in [3.8, 4) is 0 Å². The molecule has 0 N–H and O–H groups in total. The summed E-state index contributed by atoms with van der Waals surface area (Å²) in [4.78, 5) is 19.2. The molecule has 0 atom stereocenters. The average molecular weight is 311 g/mol. The van der Waals surface area contributed by atoms with Gasteiger partial charge >= 0.3 is 6.09 Å². The molecule has 5 heteroatoms. The molecule has 2 rings (SSSR count). The van der Waals surface area contributed by atoms with Gasteiger partial charge in [-0.1, -0.05) is 6.92 Å². The van der Waals surface area contributed by atoms with Crippen LogP contribution in [-0.2, 0) is 4.74 Å². The Kier molecular flexibility index (Phi) is 6.09. The van der Waals surface area contributed by atoms with E-state index in [0.717, 1.165) is 32.5 Å². The number of likely N-dealkylation sites (tertiary alicyclic amines) is 1. The van der Waals surface area contributed by atoms with E-state index in [1.165, 1.54) is 32.6 Å². The van der Waals surface area contributed by atoms with Crippen LogP contribution in [-0.4, -0.2) is 78.2 Å². The Morgan fingerprint density at radius 3 is 2.32 bits per heavy atom. The molecule has 2 heterocycles. The van der Waals surface area contributed by atoms with Crippen LogP contribution in [0.25, 0.3) is 0 Å². The number of hydrogen-bond donors (Lipinski definition) is 0. The van der Waals surface area contributed by atoms with Crippen LogP contribution in [0.1, 0.15) is 47.0 Å². The van der Waals surface area contributed by atoms with E-state index >= 15 is 0 Å². The molecule has 1 amide bonds. The summed E-state index contributed by atoms with van der Waals surface area (Å²) in [6.07, 6.45) is 3.26. The van der Waals surface area contributed by atoms with Gasteiger partial charge in [-0.2, -0.15) is 0 Å². The highest BCUT2D eigenvalue weighted by Gasteiger charge is 2.30. The predicted octanol–water partition coefficient (Wildman–Crippen LogP) is 2.41. The van der Waals surface area contributed by atoms with Gasteiger partial charge in [0, 0.05) is 32.2 Å². The molecule has 0 spiro atoms. The van der Waals surface area contributed by atoms with Gasteiger partial charge < -0.3 is 14.5 Å². The largest absolute Gasteiger partial charge is 0.444 e. The first kappa shape index (κ1) is 17.5. The number of nitrogens with zero attached hydrogens (tertiary/aromatic N) is 3. The van der Waals surface area contributed by atoms with E-state index in [9.17, 15) is 4.79 Å². The van der Waals surface area contributed by atoms with Crippen LogP contribution in [0.5, 0.6) is 0 Å². The molecule has 0 aliphatic carbocycles. The molecule has 22 heavy (non-hydrogen) atoms. The topological polar surface area (TPSA) is 36.0 Å². The molecule has 2 aliphatic heterocycles. The normalized spacial score (nSPS) is 23.4. The zero-order valence-corrected chi connectivity index (χ0v) is 14.8. The van der Waals surface area contributed by atoms with Crippen molar-refractivity contribution in [3.05, 3.63) is 0 Å². The van der Waals surface area contributed by atoms with Gasteiger partial charge in [0.05, 0.1) is 0 Å². The van der Waals surface area contributed by atoms with Crippen molar-refractivity contribution in [1.29, 1.82) is 0 Å². The Morgan fingerprint density at radius 1 is 1.05 bits per heavy atom. The Labute approximate surface area is 135 Å². The summed E-state index contributed by atoms with van der Waals surface area (Å²) in [5.41, 5.74) is -0.400. The van der Waals surface area contributed by atoms with Crippen molar-refractivity contribution in [1.82, 2.24) is 14.7 Å². The number of amides is 1. The molecule has 5 nitrogen and oxygen atoms in total. The van der Waals surface area contributed by atoms with Gasteiger partial charge in [-0.15, -0.1) is 0 Å². The molecule has 0 aromatic rings. The highest BCUT2D eigenvalue weighted by molar-refractivity contribution is 5.68. The number of piperidine rings is 1. The van der Waals surface area contributed by atoms with Crippen molar-refractivity contribution >= 4 is 6.09 Å². The number of ether oxygens (including phenoxy) is 1. The summed E-state index contributed by atoms with van der Waals surface area (Å²) in [5, 5.41) is 0. The van der Waals surface area contributed by atoms with Crippen molar-refractivity contribution in [2.24, 2.45) is 0 Å². The lowest BCUT2D eigenvalue weighted by molar-refractivity contribution is 0.0145. The van der Waals surface area contributed by atoms with Gasteiger partial charge in [0.2, 0.25) is 0 Å². The maximum atomic E-state index is 12.1. The fourth-order valence-corrected chi connectivity index (χ4v) is 3.41.